The highest BCUT2D eigenvalue weighted by Gasteiger charge is 2.26. The van der Waals surface area contributed by atoms with Gasteiger partial charge >= 0.3 is 0 Å². The molecule has 0 spiro atoms. The van der Waals surface area contributed by atoms with Gasteiger partial charge in [-0.1, -0.05) is 6.07 Å². The molecule has 5 nitrogen and oxygen atoms in total. The number of aliphatic hydroxyl groups excluding tert-OH is 1. The molecule has 0 saturated carbocycles. The van der Waals surface area contributed by atoms with E-state index in [1.807, 2.05) is 0 Å². The molecule has 0 aliphatic carbocycles. The third kappa shape index (κ3) is 4.59. The number of β-amino-alcohol motifs (C(OH)–C–C–N with tert-alkyl or cyclic N) is 1. The first-order valence-electron chi connectivity index (χ1n) is 7.65. The molecule has 0 radical (unpaired) electrons. The summed E-state index contributed by atoms with van der Waals surface area (Å²) in [4.78, 5) is 2.06. The number of benzene rings is 1. The normalized spacial score (nSPS) is 13.6. The lowest BCUT2D eigenvalue weighted by molar-refractivity contribution is 0.0457. The van der Waals surface area contributed by atoms with Gasteiger partial charge in [-0.3, -0.25) is 4.90 Å². The van der Waals surface area contributed by atoms with E-state index in [4.69, 9.17) is 4.42 Å². The Morgan fingerprint density at radius 2 is 1.96 bits per heavy atom. The first-order valence-corrected chi connectivity index (χ1v) is 7.65. The van der Waals surface area contributed by atoms with E-state index in [9.17, 15) is 9.50 Å². The van der Waals surface area contributed by atoms with Crippen molar-refractivity contribution in [1.29, 1.82) is 0 Å². The summed E-state index contributed by atoms with van der Waals surface area (Å²) in [5.74, 6) is 0.733. The lowest BCUT2D eigenvalue weighted by Gasteiger charge is -2.36. The van der Waals surface area contributed by atoms with Crippen LogP contribution in [0.5, 0.6) is 0 Å². The Morgan fingerprint density at radius 3 is 2.48 bits per heavy atom. The first-order chi connectivity index (χ1) is 10.7. The highest BCUT2D eigenvalue weighted by molar-refractivity contribution is 5.28. The van der Waals surface area contributed by atoms with Gasteiger partial charge in [-0.25, -0.2) is 4.39 Å². The minimum atomic E-state index is -0.723. The van der Waals surface area contributed by atoms with Crippen molar-refractivity contribution in [2.24, 2.45) is 0 Å². The van der Waals surface area contributed by atoms with Crippen molar-refractivity contribution in [2.75, 3.05) is 6.54 Å². The Bertz CT molecular complexity index is 664. The SMILES string of the molecule is Cc1nnc(CN(CC(O)c2ccc(F)cc2C)C(C)(C)C)o1. The van der Waals surface area contributed by atoms with Crippen molar-refractivity contribution in [2.45, 2.75) is 52.8 Å². The van der Waals surface area contributed by atoms with Gasteiger partial charge in [0.2, 0.25) is 11.8 Å². The number of aromatic nitrogens is 2. The van der Waals surface area contributed by atoms with E-state index in [0.717, 1.165) is 11.1 Å². The number of nitrogens with zero attached hydrogens (tertiary/aromatic N) is 3. The van der Waals surface area contributed by atoms with Crippen molar-refractivity contribution in [3.63, 3.8) is 0 Å². The maximum absolute atomic E-state index is 13.2. The van der Waals surface area contributed by atoms with Gasteiger partial charge in [0.1, 0.15) is 5.82 Å². The van der Waals surface area contributed by atoms with Crippen molar-refractivity contribution in [3.05, 3.63) is 46.9 Å². The first kappa shape index (κ1) is 17.6. The molecule has 1 heterocycles. The maximum atomic E-state index is 13.2. The summed E-state index contributed by atoms with van der Waals surface area (Å²) in [5, 5.41) is 18.4. The molecule has 1 aromatic carbocycles. The van der Waals surface area contributed by atoms with Gasteiger partial charge in [0, 0.05) is 19.0 Å². The third-order valence-electron chi connectivity index (χ3n) is 3.83. The number of aliphatic hydroxyl groups is 1. The van der Waals surface area contributed by atoms with E-state index in [-0.39, 0.29) is 11.4 Å². The van der Waals surface area contributed by atoms with Gasteiger partial charge in [-0.05, 0) is 51.0 Å². The van der Waals surface area contributed by atoms with Crippen molar-refractivity contribution < 1.29 is 13.9 Å². The molecule has 0 bridgehead atoms. The van der Waals surface area contributed by atoms with E-state index in [0.29, 0.717) is 24.9 Å². The third-order valence-corrected chi connectivity index (χ3v) is 3.83. The molecule has 1 N–H and O–H groups in total. The van der Waals surface area contributed by atoms with Crippen LogP contribution in [0.3, 0.4) is 0 Å². The topological polar surface area (TPSA) is 62.4 Å². The fraction of sp³-hybridized carbons (Fsp3) is 0.529. The smallest absolute Gasteiger partial charge is 0.230 e. The molecule has 6 heteroatoms. The Kier molecular flexibility index (Phi) is 5.16. The molecule has 0 aliphatic heterocycles. The molecule has 1 aromatic heterocycles. The predicted molar refractivity (Wildman–Crippen MR) is 85.3 cm³/mol. The molecule has 2 rings (SSSR count). The largest absolute Gasteiger partial charge is 0.424 e. The molecule has 0 fully saturated rings. The van der Waals surface area contributed by atoms with E-state index in [1.54, 1.807) is 19.9 Å². The minimum absolute atomic E-state index is 0.197. The fourth-order valence-electron chi connectivity index (χ4n) is 2.46. The number of rotatable bonds is 5. The van der Waals surface area contributed by atoms with Crippen LogP contribution in [0.25, 0.3) is 0 Å². The molecule has 1 unspecified atom stereocenters. The Hall–Kier alpha value is -1.79. The molecule has 0 saturated heterocycles. The Labute approximate surface area is 136 Å². The summed E-state index contributed by atoms with van der Waals surface area (Å²) in [7, 11) is 0. The van der Waals surface area contributed by atoms with Gasteiger partial charge in [-0.15, -0.1) is 10.2 Å². The molecule has 1 atom stereocenters. The second-order valence-electron chi connectivity index (χ2n) is 6.78. The second kappa shape index (κ2) is 6.76. The maximum Gasteiger partial charge on any atom is 0.230 e. The average molecular weight is 321 g/mol. The summed E-state index contributed by atoms with van der Waals surface area (Å²) in [6.45, 7) is 10.5. The van der Waals surface area contributed by atoms with Crippen LogP contribution in [-0.4, -0.2) is 32.3 Å². The summed E-state index contributed by atoms with van der Waals surface area (Å²) < 4.78 is 18.7. The van der Waals surface area contributed by atoms with E-state index < -0.39 is 6.10 Å². The zero-order chi connectivity index (χ0) is 17.2. The summed E-state index contributed by atoms with van der Waals surface area (Å²) in [5.41, 5.74) is 1.26. The summed E-state index contributed by atoms with van der Waals surface area (Å²) in [6.07, 6.45) is -0.723. The average Bonchev–Trinajstić information content (AvgIpc) is 2.82. The van der Waals surface area contributed by atoms with Crippen molar-refractivity contribution >= 4 is 0 Å². The van der Waals surface area contributed by atoms with E-state index >= 15 is 0 Å². The van der Waals surface area contributed by atoms with E-state index in [2.05, 4.69) is 35.9 Å². The Morgan fingerprint density at radius 1 is 1.26 bits per heavy atom. The number of halogens is 1. The second-order valence-corrected chi connectivity index (χ2v) is 6.78. The molecule has 2 aromatic rings. The summed E-state index contributed by atoms with van der Waals surface area (Å²) >= 11 is 0. The number of hydrogen-bond acceptors (Lipinski definition) is 5. The molecule has 126 valence electrons. The van der Waals surface area contributed by atoms with Crippen molar-refractivity contribution in [1.82, 2.24) is 15.1 Å². The highest BCUT2D eigenvalue weighted by Crippen LogP contribution is 2.24. The lowest BCUT2D eigenvalue weighted by atomic mass is 10.00. The van der Waals surface area contributed by atoms with Crippen LogP contribution < -0.4 is 0 Å². The molecule has 0 amide bonds. The van der Waals surface area contributed by atoms with Crippen LogP contribution >= 0.6 is 0 Å². The lowest BCUT2D eigenvalue weighted by Crippen LogP contribution is -2.43. The van der Waals surface area contributed by atoms with Crippen LogP contribution in [0.4, 0.5) is 4.39 Å². The van der Waals surface area contributed by atoms with Crippen LogP contribution in [0.2, 0.25) is 0 Å². The molecular formula is C17H24FN3O2. The zero-order valence-corrected chi connectivity index (χ0v) is 14.3. The van der Waals surface area contributed by atoms with Crippen LogP contribution in [-0.2, 0) is 6.54 Å². The van der Waals surface area contributed by atoms with Crippen molar-refractivity contribution in [3.8, 4) is 0 Å². The molecule has 0 aliphatic rings. The zero-order valence-electron chi connectivity index (χ0n) is 14.3. The molecular weight excluding hydrogens is 297 g/mol. The van der Waals surface area contributed by atoms with E-state index in [1.165, 1.54) is 12.1 Å². The fourth-order valence-corrected chi connectivity index (χ4v) is 2.46. The van der Waals surface area contributed by atoms with Crippen LogP contribution in [0.1, 0.15) is 49.8 Å². The van der Waals surface area contributed by atoms with Gasteiger partial charge in [0.05, 0.1) is 12.6 Å². The van der Waals surface area contributed by atoms with Gasteiger partial charge in [0.15, 0.2) is 0 Å². The highest BCUT2D eigenvalue weighted by atomic mass is 19.1. The predicted octanol–water partition coefficient (Wildman–Crippen LogP) is 3.16. The van der Waals surface area contributed by atoms with Gasteiger partial charge in [0.25, 0.3) is 0 Å². The van der Waals surface area contributed by atoms with Crippen LogP contribution in [0.15, 0.2) is 22.6 Å². The molecule has 23 heavy (non-hydrogen) atoms. The number of aryl methyl sites for hydroxylation is 2. The quantitative estimate of drug-likeness (QED) is 0.916. The monoisotopic (exact) mass is 321 g/mol. The number of hydrogen-bond donors (Lipinski definition) is 1. The van der Waals surface area contributed by atoms with Gasteiger partial charge < -0.3 is 9.52 Å². The Balaban J connectivity index is 2.17. The van der Waals surface area contributed by atoms with Crippen LogP contribution in [0, 0.1) is 19.7 Å². The standard InChI is InChI=1S/C17H24FN3O2/c1-11-8-13(18)6-7-14(11)15(22)9-21(17(3,4)5)10-16-20-19-12(2)23-16/h6-8,15,22H,9-10H2,1-5H3. The van der Waals surface area contributed by atoms with Gasteiger partial charge in [-0.2, -0.15) is 0 Å². The minimum Gasteiger partial charge on any atom is -0.424 e. The summed E-state index contributed by atoms with van der Waals surface area (Å²) in [6, 6.07) is 4.43.